The molecule has 0 spiro atoms. The van der Waals surface area contributed by atoms with Crippen molar-refractivity contribution in [1.29, 1.82) is 5.26 Å². The number of allylic oxidation sites excluding steroid dienone is 4. The summed E-state index contributed by atoms with van der Waals surface area (Å²) in [6.07, 6.45) is 11.1. The predicted molar refractivity (Wildman–Crippen MR) is 73.4 cm³/mol. The number of nitriles is 1. The van der Waals surface area contributed by atoms with Gasteiger partial charge in [-0.25, -0.2) is 0 Å². The van der Waals surface area contributed by atoms with Crippen molar-refractivity contribution < 1.29 is 0 Å². The maximum atomic E-state index is 9.10. The summed E-state index contributed by atoms with van der Waals surface area (Å²) in [5, 5.41) is 9.10. The van der Waals surface area contributed by atoms with Crippen LogP contribution in [0.15, 0.2) is 23.8 Å². The molecule has 1 heteroatoms. The van der Waals surface area contributed by atoms with Crippen LogP contribution < -0.4 is 0 Å². The molecule has 0 heterocycles. The molecular weight excluding hydrogens is 206 g/mol. The van der Waals surface area contributed by atoms with E-state index >= 15 is 0 Å². The molecule has 1 fully saturated rings. The van der Waals surface area contributed by atoms with Crippen molar-refractivity contribution in [1.82, 2.24) is 0 Å². The third kappa shape index (κ3) is 4.38. The second-order valence-corrected chi connectivity index (χ2v) is 5.99. The minimum Gasteiger partial charge on any atom is -0.198 e. The molecule has 1 aliphatic carbocycles. The highest BCUT2D eigenvalue weighted by Crippen LogP contribution is 2.40. The van der Waals surface area contributed by atoms with Gasteiger partial charge in [0.2, 0.25) is 0 Å². The maximum Gasteiger partial charge on any atom is 0.0686 e. The van der Waals surface area contributed by atoms with Crippen molar-refractivity contribution in [2.24, 2.45) is 17.3 Å². The Bertz CT molecular complexity index is 333. The summed E-state index contributed by atoms with van der Waals surface area (Å²) in [6.45, 7) is 8.71. The van der Waals surface area contributed by atoms with E-state index in [4.69, 9.17) is 5.26 Å². The Morgan fingerprint density at radius 3 is 2.41 bits per heavy atom. The average molecular weight is 231 g/mol. The van der Waals surface area contributed by atoms with E-state index in [1.807, 2.05) is 0 Å². The van der Waals surface area contributed by atoms with Gasteiger partial charge in [-0.3, -0.25) is 0 Å². The van der Waals surface area contributed by atoms with Crippen molar-refractivity contribution >= 4 is 0 Å². The Morgan fingerprint density at radius 1 is 1.35 bits per heavy atom. The van der Waals surface area contributed by atoms with E-state index in [2.05, 4.69) is 52.0 Å². The highest BCUT2D eigenvalue weighted by molar-refractivity contribution is 5.15. The third-order valence-corrected chi connectivity index (χ3v) is 3.86. The van der Waals surface area contributed by atoms with Gasteiger partial charge in [-0.15, -0.1) is 0 Å². The number of hydrogen-bond acceptors (Lipinski definition) is 1. The molecule has 1 nitrogen and oxygen atoms in total. The zero-order valence-corrected chi connectivity index (χ0v) is 11.7. The summed E-state index contributed by atoms with van der Waals surface area (Å²) >= 11 is 0. The van der Waals surface area contributed by atoms with E-state index in [0.717, 1.165) is 12.8 Å². The number of rotatable bonds is 3. The quantitative estimate of drug-likeness (QED) is 0.636. The van der Waals surface area contributed by atoms with Gasteiger partial charge < -0.3 is 0 Å². The van der Waals surface area contributed by atoms with E-state index in [1.54, 1.807) is 0 Å². The van der Waals surface area contributed by atoms with Gasteiger partial charge in [0, 0.05) is 0 Å². The molecule has 94 valence electrons. The Morgan fingerprint density at radius 2 is 1.94 bits per heavy atom. The fraction of sp³-hybridized carbons (Fsp3) is 0.688. The number of hydrogen-bond donors (Lipinski definition) is 0. The molecule has 1 saturated carbocycles. The lowest BCUT2D eigenvalue weighted by molar-refractivity contribution is 0.250. The molecule has 0 aliphatic heterocycles. The molecule has 17 heavy (non-hydrogen) atoms. The van der Waals surface area contributed by atoms with Crippen LogP contribution in [0.2, 0.25) is 0 Å². The average Bonchev–Trinajstić information content (AvgIpc) is 2.29. The van der Waals surface area contributed by atoms with Crippen molar-refractivity contribution in [2.75, 3.05) is 0 Å². The smallest absolute Gasteiger partial charge is 0.0686 e. The second kappa shape index (κ2) is 6.05. The monoisotopic (exact) mass is 231 g/mol. The van der Waals surface area contributed by atoms with E-state index < -0.39 is 0 Å². The van der Waals surface area contributed by atoms with Gasteiger partial charge in [-0.1, -0.05) is 37.6 Å². The van der Waals surface area contributed by atoms with Gasteiger partial charge in [0.25, 0.3) is 0 Å². The molecule has 0 radical (unpaired) electrons. The fourth-order valence-corrected chi connectivity index (χ4v) is 2.39. The summed E-state index contributed by atoms with van der Waals surface area (Å²) in [5.74, 6) is 1.31. The van der Waals surface area contributed by atoms with E-state index in [1.165, 1.54) is 18.4 Å². The fourth-order valence-electron chi connectivity index (χ4n) is 2.39. The van der Waals surface area contributed by atoms with Crippen LogP contribution in [0.5, 0.6) is 0 Å². The molecule has 0 saturated heterocycles. The topological polar surface area (TPSA) is 23.8 Å². The van der Waals surface area contributed by atoms with E-state index in [-0.39, 0.29) is 5.41 Å². The first-order chi connectivity index (χ1) is 7.97. The highest BCUT2D eigenvalue weighted by atomic mass is 14.4. The van der Waals surface area contributed by atoms with Crippen LogP contribution in [0.25, 0.3) is 0 Å². The Balaban J connectivity index is 2.52. The number of nitrogens with zero attached hydrogens (tertiary/aromatic N) is 1. The molecule has 0 amide bonds. The zero-order valence-electron chi connectivity index (χ0n) is 11.7. The molecule has 1 rings (SSSR count). The normalized spacial score (nSPS) is 30.8. The summed E-state index contributed by atoms with van der Waals surface area (Å²) in [5.41, 5.74) is 1.41. The molecule has 0 unspecified atom stereocenters. The Hall–Kier alpha value is -1.03. The molecule has 0 atom stereocenters. The molecule has 0 bridgehead atoms. The lowest BCUT2D eigenvalue weighted by Gasteiger charge is -2.32. The van der Waals surface area contributed by atoms with Crippen molar-refractivity contribution in [3.63, 3.8) is 0 Å². The van der Waals surface area contributed by atoms with E-state index in [9.17, 15) is 0 Å². The van der Waals surface area contributed by atoms with Crippen molar-refractivity contribution in [3.05, 3.63) is 23.8 Å². The summed E-state index contributed by atoms with van der Waals surface area (Å²) in [4.78, 5) is 0. The summed E-state index contributed by atoms with van der Waals surface area (Å²) in [7, 11) is 0. The van der Waals surface area contributed by atoms with Crippen LogP contribution >= 0.6 is 0 Å². The first-order valence-electron chi connectivity index (χ1n) is 6.73. The highest BCUT2D eigenvalue weighted by Gasteiger charge is 2.31. The van der Waals surface area contributed by atoms with Crippen LogP contribution in [0.3, 0.4) is 0 Å². The maximum absolute atomic E-state index is 9.10. The summed E-state index contributed by atoms with van der Waals surface area (Å²) < 4.78 is 0. The van der Waals surface area contributed by atoms with Crippen molar-refractivity contribution in [2.45, 2.75) is 53.4 Å². The van der Waals surface area contributed by atoms with Gasteiger partial charge in [0.1, 0.15) is 0 Å². The van der Waals surface area contributed by atoms with Crippen LogP contribution in [-0.2, 0) is 0 Å². The first kappa shape index (κ1) is 14.0. The van der Waals surface area contributed by atoms with Crippen LogP contribution in [-0.4, -0.2) is 0 Å². The molecule has 0 aromatic rings. The van der Waals surface area contributed by atoms with Gasteiger partial charge >= 0.3 is 0 Å². The molecule has 0 aromatic carbocycles. The lowest BCUT2D eigenvalue weighted by atomic mass is 9.71. The van der Waals surface area contributed by atoms with Crippen LogP contribution in [0.1, 0.15) is 53.4 Å². The molecule has 0 N–H and O–H groups in total. The standard InChI is InChI=1S/C16H25N/c1-13(2)6-5-7-14(3)15-8-10-16(4,12-17)11-9-15/h5-7,13,15H,8-11H2,1-4H3/b6-5+,14-7+. The predicted octanol–water partition coefficient (Wildman–Crippen LogP) is 4.86. The largest absolute Gasteiger partial charge is 0.198 e. The Kier molecular flexibility index (Phi) is 5.00. The summed E-state index contributed by atoms with van der Waals surface area (Å²) in [6, 6.07) is 2.46. The minimum absolute atomic E-state index is 0.0649. The van der Waals surface area contributed by atoms with Crippen LogP contribution in [0.4, 0.5) is 0 Å². The zero-order chi connectivity index (χ0) is 12.9. The van der Waals surface area contributed by atoms with Crippen molar-refractivity contribution in [3.8, 4) is 6.07 Å². The van der Waals surface area contributed by atoms with Gasteiger partial charge in [0.15, 0.2) is 0 Å². The first-order valence-corrected chi connectivity index (χ1v) is 6.73. The van der Waals surface area contributed by atoms with Crippen LogP contribution in [0, 0.1) is 28.6 Å². The lowest BCUT2D eigenvalue weighted by Crippen LogP contribution is -2.23. The van der Waals surface area contributed by atoms with E-state index in [0.29, 0.717) is 11.8 Å². The minimum atomic E-state index is -0.0649. The molecule has 1 aliphatic rings. The molecular formula is C16H25N. The second-order valence-electron chi connectivity index (χ2n) is 5.99. The molecule has 0 aromatic heterocycles. The third-order valence-electron chi connectivity index (χ3n) is 3.86. The SMILES string of the molecule is C/C(=C\C=C\C(C)C)C1CCC(C)(C#N)CC1. The van der Waals surface area contributed by atoms with Gasteiger partial charge in [0.05, 0.1) is 11.5 Å². The van der Waals surface area contributed by atoms with Gasteiger partial charge in [-0.2, -0.15) is 5.26 Å². The van der Waals surface area contributed by atoms with Gasteiger partial charge in [-0.05, 0) is 51.4 Å². The Labute approximate surface area is 106 Å².